The highest BCUT2D eigenvalue weighted by Crippen LogP contribution is 2.32. The summed E-state index contributed by atoms with van der Waals surface area (Å²) in [5.74, 6) is 1.01. The number of benzene rings is 2. The van der Waals surface area contributed by atoms with Crippen LogP contribution in [0.4, 0.5) is 0 Å². The van der Waals surface area contributed by atoms with E-state index in [0.29, 0.717) is 24.5 Å². The van der Waals surface area contributed by atoms with E-state index in [1.54, 1.807) is 17.0 Å². The van der Waals surface area contributed by atoms with Crippen molar-refractivity contribution in [2.75, 3.05) is 18.1 Å². The average Bonchev–Trinajstić information content (AvgIpc) is 3.06. The maximum absolute atomic E-state index is 13.3. The Hall–Kier alpha value is -2.54. The van der Waals surface area contributed by atoms with Gasteiger partial charge in [-0.05, 0) is 31.0 Å². The lowest BCUT2D eigenvalue weighted by Gasteiger charge is -2.34. The van der Waals surface area contributed by atoms with Gasteiger partial charge in [0.15, 0.2) is 21.3 Å². The fraction of sp³-hybridized carbons (Fsp3) is 0.381. The van der Waals surface area contributed by atoms with Gasteiger partial charge in [0.1, 0.15) is 6.61 Å². The summed E-state index contributed by atoms with van der Waals surface area (Å²) in [5.41, 5.74) is 2.09. The Morgan fingerprint density at radius 3 is 2.50 bits per heavy atom. The van der Waals surface area contributed by atoms with E-state index < -0.39 is 15.9 Å². The zero-order chi connectivity index (χ0) is 19.7. The summed E-state index contributed by atoms with van der Waals surface area (Å²) in [4.78, 5) is 15.0. The number of carbonyl (C=O) groups is 1. The number of nitrogens with zero attached hydrogens (tertiary/aromatic N) is 1. The van der Waals surface area contributed by atoms with Crippen molar-refractivity contribution in [1.82, 2.24) is 4.90 Å². The number of fused-ring (bicyclic) bond motifs is 1. The third-order valence-electron chi connectivity index (χ3n) is 5.19. The maximum Gasteiger partial charge on any atom is 0.267 e. The van der Waals surface area contributed by atoms with Gasteiger partial charge in [-0.15, -0.1) is 0 Å². The Labute approximate surface area is 165 Å². The number of amides is 1. The molecule has 0 saturated carbocycles. The van der Waals surface area contributed by atoms with Gasteiger partial charge in [-0.3, -0.25) is 4.79 Å². The van der Waals surface area contributed by atoms with Crippen LogP contribution in [0.3, 0.4) is 0 Å². The van der Waals surface area contributed by atoms with Crippen molar-refractivity contribution in [3.8, 4) is 11.5 Å². The molecule has 0 radical (unpaired) electrons. The summed E-state index contributed by atoms with van der Waals surface area (Å²) in [6, 6.07) is 14.8. The second-order valence-corrected chi connectivity index (χ2v) is 9.60. The topological polar surface area (TPSA) is 72.9 Å². The fourth-order valence-electron chi connectivity index (χ4n) is 3.62. The third kappa shape index (κ3) is 3.99. The molecule has 1 amide bonds. The van der Waals surface area contributed by atoms with E-state index >= 15 is 0 Å². The zero-order valence-electron chi connectivity index (χ0n) is 15.7. The van der Waals surface area contributed by atoms with Crippen molar-refractivity contribution in [1.29, 1.82) is 0 Å². The second-order valence-electron chi connectivity index (χ2n) is 7.37. The van der Waals surface area contributed by atoms with Crippen LogP contribution in [0.1, 0.15) is 17.5 Å². The molecule has 148 valence electrons. The van der Waals surface area contributed by atoms with Gasteiger partial charge in [-0.25, -0.2) is 8.42 Å². The summed E-state index contributed by atoms with van der Waals surface area (Å²) < 4.78 is 35.6. The number of hydrogen-bond acceptors (Lipinski definition) is 5. The summed E-state index contributed by atoms with van der Waals surface area (Å²) in [6.07, 6.45) is -0.340. The summed E-state index contributed by atoms with van der Waals surface area (Å²) in [7, 11) is -3.12. The first kappa shape index (κ1) is 18.8. The second kappa shape index (κ2) is 7.47. The van der Waals surface area contributed by atoms with Gasteiger partial charge in [0.2, 0.25) is 6.10 Å². The number of aryl methyl sites for hydroxylation is 1. The van der Waals surface area contributed by atoms with Crippen LogP contribution < -0.4 is 9.47 Å². The quantitative estimate of drug-likeness (QED) is 0.786. The first-order chi connectivity index (χ1) is 13.4. The number of carbonyl (C=O) groups excluding carboxylic acids is 1. The molecule has 7 heteroatoms. The van der Waals surface area contributed by atoms with E-state index in [9.17, 15) is 13.2 Å². The molecule has 1 fully saturated rings. The maximum atomic E-state index is 13.3. The number of sulfone groups is 1. The molecule has 4 rings (SSSR count). The molecule has 2 heterocycles. The smallest absolute Gasteiger partial charge is 0.267 e. The molecule has 2 aliphatic heterocycles. The van der Waals surface area contributed by atoms with E-state index in [1.807, 2.05) is 43.3 Å². The largest absolute Gasteiger partial charge is 0.485 e. The van der Waals surface area contributed by atoms with Crippen molar-refractivity contribution in [2.24, 2.45) is 0 Å². The first-order valence-electron chi connectivity index (χ1n) is 9.36. The lowest BCUT2D eigenvalue weighted by atomic mass is 10.1. The van der Waals surface area contributed by atoms with E-state index in [-0.39, 0.29) is 30.1 Å². The molecule has 0 aromatic heterocycles. The molecule has 0 spiro atoms. The van der Waals surface area contributed by atoms with Gasteiger partial charge < -0.3 is 14.4 Å². The van der Waals surface area contributed by atoms with Crippen LogP contribution in [0.5, 0.6) is 11.5 Å². The van der Waals surface area contributed by atoms with Crippen molar-refractivity contribution >= 4 is 15.7 Å². The Kier molecular flexibility index (Phi) is 5.02. The Morgan fingerprint density at radius 2 is 1.82 bits per heavy atom. The minimum atomic E-state index is -3.12. The molecule has 0 N–H and O–H groups in total. The highest BCUT2D eigenvalue weighted by atomic mass is 32.2. The molecule has 2 aromatic rings. The molecular weight excluding hydrogens is 378 g/mol. The van der Waals surface area contributed by atoms with Gasteiger partial charge in [-0.2, -0.15) is 0 Å². The molecule has 2 aromatic carbocycles. The molecule has 0 unspecified atom stereocenters. The summed E-state index contributed by atoms with van der Waals surface area (Å²) in [6.45, 7) is 2.46. The molecule has 1 saturated heterocycles. The lowest BCUT2D eigenvalue weighted by Crippen LogP contribution is -2.50. The van der Waals surface area contributed by atoms with E-state index in [2.05, 4.69) is 0 Å². The minimum absolute atomic E-state index is 0.00519. The molecular formula is C21H23NO5S. The van der Waals surface area contributed by atoms with Crippen molar-refractivity contribution < 1.29 is 22.7 Å². The Morgan fingerprint density at radius 1 is 1.11 bits per heavy atom. The van der Waals surface area contributed by atoms with Gasteiger partial charge in [0.25, 0.3) is 5.91 Å². The highest BCUT2D eigenvalue weighted by Gasteiger charge is 2.39. The number of hydrogen-bond donors (Lipinski definition) is 0. The number of para-hydroxylation sites is 2. The van der Waals surface area contributed by atoms with Crippen LogP contribution in [-0.4, -0.2) is 49.5 Å². The zero-order valence-corrected chi connectivity index (χ0v) is 16.5. The lowest BCUT2D eigenvalue weighted by molar-refractivity contribution is -0.143. The molecule has 0 aliphatic carbocycles. The standard InChI is InChI=1S/C21H23NO5S/c1-15-6-8-16(9-7-15)12-22(17-10-11-28(24,25)14-17)21(23)20-13-26-18-4-2-3-5-19(18)27-20/h2-9,17,20H,10-14H2,1H3/t17-,20+/m1/s1. The Bertz CT molecular complexity index is 971. The van der Waals surface area contributed by atoms with Crippen LogP contribution in [0.15, 0.2) is 48.5 Å². The van der Waals surface area contributed by atoms with Gasteiger partial charge in [0, 0.05) is 12.6 Å². The normalized spacial score (nSPS) is 22.6. The predicted octanol–water partition coefficient (Wildman–Crippen LogP) is 2.35. The molecule has 6 nitrogen and oxygen atoms in total. The van der Waals surface area contributed by atoms with Crippen LogP contribution in [0.25, 0.3) is 0 Å². The molecule has 28 heavy (non-hydrogen) atoms. The van der Waals surface area contributed by atoms with Gasteiger partial charge in [-0.1, -0.05) is 42.0 Å². The van der Waals surface area contributed by atoms with Crippen LogP contribution in [0.2, 0.25) is 0 Å². The van der Waals surface area contributed by atoms with Gasteiger partial charge in [0.05, 0.1) is 11.5 Å². The predicted molar refractivity (Wildman–Crippen MR) is 105 cm³/mol. The summed E-state index contributed by atoms with van der Waals surface area (Å²) >= 11 is 0. The third-order valence-corrected chi connectivity index (χ3v) is 6.94. The van der Waals surface area contributed by atoms with E-state index in [0.717, 1.165) is 11.1 Å². The van der Waals surface area contributed by atoms with Crippen LogP contribution in [-0.2, 0) is 21.2 Å². The Balaban J connectivity index is 1.57. The van der Waals surface area contributed by atoms with Crippen molar-refractivity contribution in [2.45, 2.75) is 32.0 Å². The number of ether oxygens (including phenoxy) is 2. The van der Waals surface area contributed by atoms with E-state index in [1.165, 1.54) is 0 Å². The van der Waals surface area contributed by atoms with Crippen molar-refractivity contribution in [3.05, 3.63) is 59.7 Å². The minimum Gasteiger partial charge on any atom is -0.485 e. The molecule has 0 bridgehead atoms. The fourth-order valence-corrected chi connectivity index (χ4v) is 5.36. The molecule has 2 aliphatic rings. The monoisotopic (exact) mass is 401 g/mol. The van der Waals surface area contributed by atoms with Gasteiger partial charge >= 0.3 is 0 Å². The number of rotatable bonds is 4. The first-order valence-corrected chi connectivity index (χ1v) is 11.2. The van der Waals surface area contributed by atoms with Crippen LogP contribution in [0, 0.1) is 6.92 Å². The van der Waals surface area contributed by atoms with Crippen LogP contribution >= 0.6 is 0 Å². The highest BCUT2D eigenvalue weighted by molar-refractivity contribution is 7.91. The SMILES string of the molecule is Cc1ccc(CN(C(=O)[C@@H]2COc3ccccc3O2)[C@@H]2CCS(=O)(=O)C2)cc1. The summed E-state index contributed by atoms with van der Waals surface area (Å²) in [5, 5.41) is 0. The van der Waals surface area contributed by atoms with Crippen molar-refractivity contribution in [3.63, 3.8) is 0 Å². The average molecular weight is 401 g/mol. The molecule has 2 atom stereocenters. The van der Waals surface area contributed by atoms with E-state index in [4.69, 9.17) is 9.47 Å².